The Balaban J connectivity index is 2.53. The van der Waals surface area contributed by atoms with Crippen LogP contribution >= 0.6 is 11.3 Å². The number of ether oxygens (including phenoxy) is 1. The zero-order valence-corrected chi connectivity index (χ0v) is 12.2. The molecule has 0 aliphatic heterocycles. The first-order valence-electron chi connectivity index (χ1n) is 6.40. The molecule has 1 aromatic rings. The first kappa shape index (κ1) is 14.5. The second kappa shape index (κ2) is 6.04. The second-order valence-corrected chi connectivity index (χ2v) is 5.44. The van der Waals surface area contributed by atoms with E-state index in [0.717, 1.165) is 16.9 Å². The number of carbonyl (C=O) groups is 2. The van der Waals surface area contributed by atoms with E-state index in [2.05, 4.69) is 10.5 Å². The van der Waals surface area contributed by atoms with Crippen LogP contribution in [0.2, 0.25) is 0 Å². The number of amides is 1. The third kappa shape index (κ3) is 2.67. The third-order valence-electron chi connectivity index (χ3n) is 3.00. The van der Waals surface area contributed by atoms with E-state index in [0.29, 0.717) is 29.1 Å². The van der Waals surface area contributed by atoms with Gasteiger partial charge in [-0.3, -0.25) is 4.79 Å². The molecule has 2 rings (SSSR count). The molecular formula is C13H16N2O4S. The van der Waals surface area contributed by atoms with E-state index < -0.39 is 5.97 Å². The van der Waals surface area contributed by atoms with Gasteiger partial charge in [-0.05, 0) is 31.7 Å². The minimum Gasteiger partial charge on any atom is -0.462 e. The highest BCUT2D eigenvalue weighted by atomic mass is 32.1. The number of fused-ring (bicyclic) bond motifs is 1. The second-order valence-electron chi connectivity index (χ2n) is 4.42. The number of esters is 1. The van der Waals surface area contributed by atoms with Crippen molar-refractivity contribution in [2.75, 3.05) is 11.9 Å². The first-order chi connectivity index (χ1) is 9.58. The van der Waals surface area contributed by atoms with Crippen molar-refractivity contribution in [3.8, 4) is 0 Å². The molecule has 0 aromatic carbocycles. The lowest BCUT2D eigenvalue weighted by Gasteiger charge is -2.13. The maximum absolute atomic E-state index is 12.1. The Hall–Kier alpha value is -1.89. The molecule has 108 valence electrons. The summed E-state index contributed by atoms with van der Waals surface area (Å²) in [4.78, 5) is 24.1. The van der Waals surface area contributed by atoms with Gasteiger partial charge in [0.05, 0.1) is 22.8 Å². The highest BCUT2D eigenvalue weighted by Gasteiger charge is 2.29. The number of oxime groups is 1. The number of hydrogen-bond donors (Lipinski definition) is 2. The standard InChI is InChI=1S/C13H16N2O4S/c1-3-19-13(17)10-8-5-4-6-9(15-18)11(8)20-12(10)14-7(2)16/h18H,3-6H2,1-2H3,(H,14,16)/b15-9+. The zero-order chi connectivity index (χ0) is 14.7. The molecular weight excluding hydrogens is 280 g/mol. The van der Waals surface area contributed by atoms with Gasteiger partial charge in [0, 0.05) is 6.92 Å². The Kier molecular flexibility index (Phi) is 4.39. The van der Waals surface area contributed by atoms with Crippen molar-refractivity contribution in [1.82, 2.24) is 0 Å². The topological polar surface area (TPSA) is 88.0 Å². The van der Waals surface area contributed by atoms with Gasteiger partial charge in [-0.1, -0.05) is 5.16 Å². The fraction of sp³-hybridized carbons (Fsp3) is 0.462. The summed E-state index contributed by atoms with van der Waals surface area (Å²) < 4.78 is 5.06. The van der Waals surface area contributed by atoms with Gasteiger partial charge in [-0.15, -0.1) is 11.3 Å². The molecule has 1 amide bonds. The average Bonchev–Trinajstić information content (AvgIpc) is 2.75. The van der Waals surface area contributed by atoms with E-state index in [-0.39, 0.29) is 12.5 Å². The molecule has 0 saturated heterocycles. The molecule has 0 saturated carbocycles. The van der Waals surface area contributed by atoms with Gasteiger partial charge < -0.3 is 15.3 Å². The van der Waals surface area contributed by atoms with Crippen LogP contribution in [0.1, 0.15) is 47.5 Å². The highest BCUT2D eigenvalue weighted by molar-refractivity contribution is 7.19. The Morgan fingerprint density at radius 1 is 1.45 bits per heavy atom. The first-order valence-corrected chi connectivity index (χ1v) is 7.21. The number of rotatable bonds is 3. The minimum atomic E-state index is -0.451. The molecule has 1 aromatic heterocycles. The van der Waals surface area contributed by atoms with Crippen molar-refractivity contribution in [3.63, 3.8) is 0 Å². The third-order valence-corrected chi connectivity index (χ3v) is 4.20. The molecule has 6 nitrogen and oxygen atoms in total. The van der Waals surface area contributed by atoms with E-state index in [4.69, 9.17) is 9.94 Å². The number of carbonyl (C=O) groups excluding carboxylic acids is 2. The van der Waals surface area contributed by atoms with Crippen LogP contribution in [0.4, 0.5) is 5.00 Å². The SMILES string of the molecule is CCOC(=O)c1c(NC(C)=O)sc2c1CCC/C2=N\O. The molecule has 0 atom stereocenters. The van der Waals surface area contributed by atoms with Crippen LogP contribution in [0.25, 0.3) is 0 Å². The Bertz CT molecular complexity index is 577. The molecule has 0 spiro atoms. The van der Waals surface area contributed by atoms with Crippen molar-refractivity contribution in [2.45, 2.75) is 33.1 Å². The minimum absolute atomic E-state index is 0.253. The zero-order valence-electron chi connectivity index (χ0n) is 11.4. The molecule has 1 aliphatic rings. The number of thiophene rings is 1. The van der Waals surface area contributed by atoms with E-state index in [9.17, 15) is 9.59 Å². The molecule has 1 aliphatic carbocycles. The normalized spacial score (nSPS) is 15.8. The fourth-order valence-corrected chi connectivity index (χ4v) is 3.54. The summed E-state index contributed by atoms with van der Waals surface area (Å²) in [7, 11) is 0. The van der Waals surface area contributed by atoms with Crippen molar-refractivity contribution < 1.29 is 19.5 Å². The summed E-state index contributed by atoms with van der Waals surface area (Å²) in [6.45, 7) is 3.38. The molecule has 7 heteroatoms. The maximum Gasteiger partial charge on any atom is 0.341 e. The Morgan fingerprint density at radius 2 is 2.20 bits per heavy atom. The number of nitrogens with zero attached hydrogens (tertiary/aromatic N) is 1. The predicted molar refractivity (Wildman–Crippen MR) is 75.8 cm³/mol. The van der Waals surface area contributed by atoms with Crippen LogP contribution < -0.4 is 5.32 Å². The molecule has 0 unspecified atom stereocenters. The largest absolute Gasteiger partial charge is 0.462 e. The van der Waals surface area contributed by atoms with Crippen LogP contribution in [0.3, 0.4) is 0 Å². The van der Waals surface area contributed by atoms with Gasteiger partial charge in [0.2, 0.25) is 5.91 Å². The number of nitrogens with one attached hydrogen (secondary N) is 1. The average molecular weight is 296 g/mol. The van der Waals surface area contributed by atoms with E-state index in [1.807, 2.05) is 0 Å². The fourth-order valence-electron chi connectivity index (χ4n) is 2.25. The van der Waals surface area contributed by atoms with Crippen LogP contribution in [-0.2, 0) is 16.0 Å². The quantitative estimate of drug-likeness (QED) is 0.509. The number of hydrogen-bond acceptors (Lipinski definition) is 6. The summed E-state index contributed by atoms with van der Waals surface area (Å²) in [6, 6.07) is 0. The molecule has 1 heterocycles. The monoisotopic (exact) mass is 296 g/mol. The van der Waals surface area contributed by atoms with Crippen LogP contribution in [0.5, 0.6) is 0 Å². The Labute approximate surface area is 120 Å². The van der Waals surface area contributed by atoms with Gasteiger partial charge in [0.15, 0.2) is 0 Å². The van der Waals surface area contributed by atoms with Crippen molar-refractivity contribution in [1.29, 1.82) is 0 Å². The van der Waals surface area contributed by atoms with Crippen LogP contribution in [0.15, 0.2) is 5.16 Å². The summed E-state index contributed by atoms with van der Waals surface area (Å²) in [6.07, 6.45) is 2.17. The molecule has 0 radical (unpaired) electrons. The lowest BCUT2D eigenvalue weighted by atomic mass is 9.94. The summed E-state index contributed by atoms with van der Waals surface area (Å²) in [5.74, 6) is -0.704. The van der Waals surface area contributed by atoms with Crippen molar-refractivity contribution in [3.05, 3.63) is 16.0 Å². The van der Waals surface area contributed by atoms with Crippen molar-refractivity contribution in [2.24, 2.45) is 5.16 Å². The van der Waals surface area contributed by atoms with E-state index in [1.165, 1.54) is 18.3 Å². The van der Waals surface area contributed by atoms with Crippen molar-refractivity contribution >= 4 is 33.9 Å². The molecule has 0 fully saturated rings. The van der Waals surface area contributed by atoms with Crippen LogP contribution in [-0.4, -0.2) is 29.4 Å². The summed E-state index contributed by atoms with van der Waals surface area (Å²) in [5, 5.41) is 15.5. The molecule has 0 bridgehead atoms. The summed E-state index contributed by atoms with van der Waals surface area (Å²) >= 11 is 1.25. The predicted octanol–water partition coefficient (Wildman–Crippen LogP) is 2.40. The van der Waals surface area contributed by atoms with Gasteiger partial charge in [-0.25, -0.2) is 4.79 Å². The highest BCUT2D eigenvalue weighted by Crippen LogP contribution is 2.38. The van der Waals surface area contributed by atoms with Gasteiger partial charge in [0.1, 0.15) is 5.00 Å². The van der Waals surface area contributed by atoms with Crippen LogP contribution in [0, 0.1) is 0 Å². The van der Waals surface area contributed by atoms with E-state index in [1.54, 1.807) is 6.92 Å². The lowest BCUT2D eigenvalue weighted by Crippen LogP contribution is -2.15. The smallest absolute Gasteiger partial charge is 0.341 e. The van der Waals surface area contributed by atoms with Gasteiger partial charge in [-0.2, -0.15) is 0 Å². The van der Waals surface area contributed by atoms with Gasteiger partial charge in [0.25, 0.3) is 0 Å². The van der Waals surface area contributed by atoms with Gasteiger partial charge >= 0.3 is 5.97 Å². The molecule has 20 heavy (non-hydrogen) atoms. The Morgan fingerprint density at radius 3 is 2.80 bits per heavy atom. The maximum atomic E-state index is 12.1. The summed E-state index contributed by atoms with van der Waals surface area (Å²) in [5.41, 5.74) is 1.75. The lowest BCUT2D eigenvalue weighted by molar-refractivity contribution is -0.114. The number of anilines is 1. The molecule has 2 N–H and O–H groups in total. The van der Waals surface area contributed by atoms with E-state index >= 15 is 0 Å².